The molecule has 7 nitrogen and oxygen atoms in total. The lowest BCUT2D eigenvalue weighted by Crippen LogP contribution is -2.44. The topological polar surface area (TPSA) is 73.1 Å². The van der Waals surface area contributed by atoms with Gasteiger partial charge in [0.15, 0.2) is 0 Å². The van der Waals surface area contributed by atoms with Gasteiger partial charge in [0, 0.05) is 36.9 Å². The van der Waals surface area contributed by atoms with Crippen molar-refractivity contribution < 1.29 is 9.53 Å². The molecule has 1 aromatic carbocycles. The van der Waals surface area contributed by atoms with E-state index in [9.17, 15) is 4.79 Å². The zero-order valence-corrected chi connectivity index (χ0v) is 13.5. The molecule has 2 aromatic heterocycles. The van der Waals surface area contributed by atoms with Crippen LogP contribution in [-0.4, -0.2) is 43.0 Å². The average molecular weight is 335 g/mol. The average Bonchev–Trinajstić information content (AvgIpc) is 3.10. The Morgan fingerprint density at radius 1 is 1.20 bits per heavy atom. The number of para-hydroxylation sites is 1. The van der Waals surface area contributed by atoms with E-state index in [1.165, 1.54) is 6.33 Å². The molecular weight excluding hydrogens is 318 g/mol. The molecule has 4 rings (SSSR count). The molecule has 1 amide bonds. The van der Waals surface area contributed by atoms with Gasteiger partial charge in [0.25, 0.3) is 5.91 Å². The third kappa shape index (κ3) is 3.21. The van der Waals surface area contributed by atoms with E-state index in [-0.39, 0.29) is 11.9 Å². The highest BCUT2D eigenvalue weighted by Gasteiger charge is 2.29. The van der Waals surface area contributed by atoms with Gasteiger partial charge in [-0.3, -0.25) is 4.79 Å². The van der Waals surface area contributed by atoms with Gasteiger partial charge in [-0.15, -0.1) is 0 Å². The zero-order chi connectivity index (χ0) is 17.1. The quantitative estimate of drug-likeness (QED) is 0.729. The number of aromatic nitrogens is 4. The van der Waals surface area contributed by atoms with Crippen molar-refractivity contribution >= 4 is 5.91 Å². The van der Waals surface area contributed by atoms with Crippen LogP contribution < -0.4 is 4.74 Å². The highest BCUT2D eigenvalue weighted by Crippen LogP contribution is 2.26. The molecule has 0 aliphatic carbocycles. The first-order chi connectivity index (χ1) is 12.3. The molecule has 3 aromatic rings. The molecule has 0 spiro atoms. The molecule has 0 saturated heterocycles. The SMILES string of the molecule is O=C(c1cncnc1)N1Cc2ccccc2OC[C@@H]1Cn1ccnc1. The van der Waals surface area contributed by atoms with Crippen molar-refractivity contribution in [3.05, 3.63) is 72.8 Å². The normalized spacial score (nSPS) is 16.6. The summed E-state index contributed by atoms with van der Waals surface area (Å²) in [7, 11) is 0. The van der Waals surface area contributed by atoms with Crippen LogP contribution in [0.1, 0.15) is 15.9 Å². The smallest absolute Gasteiger partial charge is 0.257 e. The predicted molar refractivity (Wildman–Crippen MR) is 89.9 cm³/mol. The maximum absolute atomic E-state index is 13.1. The maximum atomic E-state index is 13.1. The van der Waals surface area contributed by atoms with Gasteiger partial charge in [0.05, 0.1) is 24.5 Å². The van der Waals surface area contributed by atoms with E-state index in [0.29, 0.717) is 25.3 Å². The second-order valence-corrected chi connectivity index (χ2v) is 5.89. The lowest BCUT2D eigenvalue weighted by molar-refractivity contribution is 0.0597. The first-order valence-electron chi connectivity index (χ1n) is 8.03. The lowest BCUT2D eigenvalue weighted by atomic mass is 10.1. The summed E-state index contributed by atoms with van der Waals surface area (Å²) in [6, 6.07) is 7.67. The fraction of sp³-hybridized carbons (Fsp3) is 0.222. The number of fused-ring (bicyclic) bond motifs is 1. The third-order valence-electron chi connectivity index (χ3n) is 4.23. The van der Waals surface area contributed by atoms with Gasteiger partial charge in [-0.1, -0.05) is 18.2 Å². The second-order valence-electron chi connectivity index (χ2n) is 5.89. The Balaban J connectivity index is 1.67. The van der Waals surface area contributed by atoms with Crippen molar-refractivity contribution in [2.24, 2.45) is 0 Å². The number of amides is 1. The van der Waals surface area contributed by atoms with E-state index in [1.807, 2.05) is 39.9 Å². The van der Waals surface area contributed by atoms with Crippen LogP contribution in [0, 0.1) is 0 Å². The summed E-state index contributed by atoms with van der Waals surface area (Å²) in [5, 5.41) is 0. The van der Waals surface area contributed by atoms with Gasteiger partial charge in [-0.25, -0.2) is 15.0 Å². The molecule has 0 radical (unpaired) electrons. The van der Waals surface area contributed by atoms with E-state index in [0.717, 1.165) is 11.3 Å². The predicted octanol–water partition coefficient (Wildman–Crippen LogP) is 1.78. The largest absolute Gasteiger partial charge is 0.491 e. The second kappa shape index (κ2) is 6.72. The minimum absolute atomic E-state index is 0.106. The van der Waals surface area contributed by atoms with E-state index >= 15 is 0 Å². The molecule has 126 valence electrons. The van der Waals surface area contributed by atoms with Crippen LogP contribution in [0.5, 0.6) is 5.75 Å². The Kier molecular flexibility index (Phi) is 4.12. The fourth-order valence-corrected chi connectivity index (χ4v) is 2.97. The van der Waals surface area contributed by atoms with E-state index in [1.54, 1.807) is 24.9 Å². The zero-order valence-electron chi connectivity index (χ0n) is 13.5. The number of ether oxygens (including phenoxy) is 1. The monoisotopic (exact) mass is 335 g/mol. The van der Waals surface area contributed by atoms with Crippen molar-refractivity contribution in [2.45, 2.75) is 19.1 Å². The van der Waals surface area contributed by atoms with Crippen molar-refractivity contribution in [3.8, 4) is 5.75 Å². The molecule has 1 aliphatic rings. The maximum Gasteiger partial charge on any atom is 0.257 e. The minimum Gasteiger partial charge on any atom is -0.491 e. The molecule has 3 heterocycles. The molecular formula is C18H17N5O2. The Labute approximate surface area is 144 Å². The highest BCUT2D eigenvalue weighted by atomic mass is 16.5. The van der Waals surface area contributed by atoms with E-state index in [4.69, 9.17) is 4.74 Å². The Morgan fingerprint density at radius 3 is 2.84 bits per heavy atom. The fourth-order valence-electron chi connectivity index (χ4n) is 2.97. The van der Waals surface area contributed by atoms with Gasteiger partial charge in [0.2, 0.25) is 0 Å². The van der Waals surface area contributed by atoms with E-state index < -0.39 is 0 Å². The Hall–Kier alpha value is -3.22. The van der Waals surface area contributed by atoms with Crippen molar-refractivity contribution in [1.82, 2.24) is 24.4 Å². The van der Waals surface area contributed by atoms with Gasteiger partial charge < -0.3 is 14.2 Å². The molecule has 25 heavy (non-hydrogen) atoms. The van der Waals surface area contributed by atoms with Gasteiger partial charge >= 0.3 is 0 Å². The number of nitrogens with zero attached hydrogens (tertiary/aromatic N) is 5. The minimum atomic E-state index is -0.130. The van der Waals surface area contributed by atoms with Crippen LogP contribution in [-0.2, 0) is 13.1 Å². The van der Waals surface area contributed by atoms with Crippen LogP contribution >= 0.6 is 0 Å². The summed E-state index contributed by atoms with van der Waals surface area (Å²) < 4.78 is 7.92. The van der Waals surface area contributed by atoms with Crippen LogP contribution in [0.25, 0.3) is 0 Å². The number of carbonyl (C=O) groups is 1. The summed E-state index contributed by atoms with van der Waals surface area (Å²) in [6.07, 6.45) is 9.85. The molecule has 1 atom stereocenters. The molecule has 1 aliphatic heterocycles. The van der Waals surface area contributed by atoms with Crippen molar-refractivity contribution in [1.29, 1.82) is 0 Å². The summed E-state index contributed by atoms with van der Waals surface area (Å²) >= 11 is 0. The number of hydrogen-bond acceptors (Lipinski definition) is 5. The van der Waals surface area contributed by atoms with Crippen LogP contribution in [0.3, 0.4) is 0 Å². The number of imidazole rings is 1. The Morgan fingerprint density at radius 2 is 2.04 bits per heavy atom. The third-order valence-corrected chi connectivity index (χ3v) is 4.23. The number of hydrogen-bond donors (Lipinski definition) is 0. The molecule has 0 unspecified atom stereocenters. The first-order valence-corrected chi connectivity index (χ1v) is 8.03. The van der Waals surface area contributed by atoms with Crippen molar-refractivity contribution in [3.63, 3.8) is 0 Å². The summed E-state index contributed by atoms with van der Waals surface area (Å²) in [5.74, 6) is 0.712. The highest BCUT2D eigenvalue weighted by molar-refractivity contribution is 5.93. The summed E-state index contributed by atoms with van der Waals surface area (Å²) in [6.45, 7) is 1.49. The molecule has 0 saturated carbocycles. The first kappa shape index (κ1) is 15.3. The summed E-state index contributed by atoms with van der Waals surface area (Å²) in [5.41, 5.74) is 1.46. The Bertz CT molecular complexity index is 851. The van der Waals surface area contributed by atoms with Crippen LogP contribution in [0.15, 0.2) is 61.7 Å². The van der Waals surface area contributed by atoms with Gasteiger partial charge in [-0.05, 0) is 6.07 Å². The van der Waals surface area contributed by atoms with Crippen LogP contribution in [0.4, 0.5) is 0 Å². The molecule has 0 N–H and O–H groups in total. The summed E-state index contributed by atoms with van der Waals surface area (Å²) in [4.78, 5) is 26.9. The number of carbonyl (C=O) groups excluding carboxylic acids is 1. The number of rotatable bonds is 3. The molecule has 0 bridgehead atoms. The molecule has 0 fully saturated rings. The van der Waals surface area contributed by atoms with Gasteiger partial charge in [-0.2, -0.15) is 0 Å². The van der Waals surface area contributed by atoms with E-state index in [2.05, 4.69) is 15.0 Å². The van der Waals surface area contributed by atoms with Gasteiger partial charge in [0.1, 0.15) is 18.7 Å². The van der Waals surface area contributed by atoms with Crippen LogP contribution in [0.2, 0.25) is 0 Å². The van der Waals surface area contributed by atoms with Crippen molar-refractivity contribution in [2.75, 3.05) is 6.61 Å². The molecule has 7 heteroatoms. The number of benzene rings is 1. The lowest BCUT2D eigenvalue weighted by Gasteiger charge is -2.29. The standard InChI is InChI=1S/C18H17N5O2/c24-18(15-7-20-12-21-8-15)23-9-14-3-1-2-4-17(14)25-11-16(23)10-22-6-5-19-13-22/h1-8,12-13,16H,9-11H2/t16-/m0/s1.